The summed E-state index contributed by atoms with van der Waals surface area (Å²) < 4.78 is 22.2. The van der Waals surface area contributed by atoms with Crippen LogP contribution in [-0.4, -0.2) is 127 Å². The Morgan fingerprint density at radius 1 is 0.786 bits per heavy atom. The van der Waals surface area contributed by atoms with E-state index < -0.39 is 74.6 Å². The van der Waals surface area contributed by atoms with Gasteiger partial charge in [-0.1, -0.05) is 23.3 Å². The third-order valence-electron chi connectivity index (χ3n) is 7.50. The van der Waals surface area contributed by atoms with Crippen LogP contribution >= 0.6 is 0 Å². The number of phenolic OH excluding ortho intramolecular Hbond substituents is 1. The molecule has 2 aliphatic heterocycles. The second kappa shape index (κ2) is 15.5. The Bertz CT molecular complexity index is 1070. The number of aliphatic hydroxyl groups is 8. The summed E-state index contributed by atoms with van der Waals surface area (Å²) in [5, 5.41) is 89.3. The summed E-state index contributed by atoms with van der Waals surface area (Å²) in [5.74, 6) is 0.356. The van der Waals surface area contributed by atoms with Crippen molar-refractivity contribution in [2.75, 3.05) is 19.8 Å². The molecule has 0 bridgehead atoms. The van der Waals surface area contributed by atoms with E-state index in [-0.39, 0.29) is 12.4 Å². The van der Waals surface area contributed by atoms with E-state index in [4.69, 9.17) is 18.9 Å². The molecular weight excluding hydrogens is 556 g/mol. The Morgan fingerprint density at radius 3 is 1.95 bits per heavy atom. The molecule has 0 amide bonds. The van der Waals surface area contributed by atoms with Crippen LogP contribution in [0.5, 0.6) is 11.5 Å². The number of benzene rings is 1. The minimum absolute atomic E-state index is 0.0511. The monoisotopic (exact) mass is 600 g/mol. The van der Waals surface area contributed by atoms with Gasteiger partial charge >= 0.3 is 0 Å². The van der Waals surface area contributed by atoms with E-state index in [9.17, 15) is 46.0 Å². The maximum atomic E-state index is 10.4. The van der Waals surface area contributed by atoms with Crippen molar-refractivity contribution in [3.05, 3.63) is 46.6 Å². The van der Waals surface area contributed by atoms with Crippen LogP contribution in [-0.2, 0) is 20.6 Å². The van der Waals surface area contributed by atoms with E-state index in [1.165, 1.54) is 0 Å². The van der Waals surface area contributed by atoms with Crippen molar-refractivity contribution < 1.29 is 64.9 Å². The molecule has 2 heterocycles. The van der Waals surface area contributed by atoms with Crippen molar-refractivity contribution in [1.82, 2.24) is 0 Å². The molecule has 0 radical (unpaired) electrons. The molecule has 10 atom stereocenters. The van der Waals surface area contributed by atoms with E-state index in [1.807, 2.05) is 26.0 Å². The Morgan fingerprint density at radius 2 is 1.36 bits per heavy atom. The van der Waals surface area contributed by atoms with E-state index >= 15 is 0 Å². The van der Waals surface area contributed by atoms with Crippen LogP contribution < -0.4 is 4.74 Å². The Labute approximate surface area is 244 Å². The van der Waals surface area contributed by atoms with Gasteiger partial charge in [-0.25, -0.2) is 0 Å². The Kier molecular flexibility index (Phi) is 12.7. The topological polar surface area (TPSA) is 219 Å². The molecule has 2 saturated heterocycles. The summed E-state index contributed by atoms with van der Waals surface area (Å²) in [7, 11) is 0. The molecule has 0 aromatic heterocycles. The molecule has 13 heteroatoms. The summed E-state index contributed by atoms with van der Waals surface area (Å²) in [5.41, 5.74) is 2.99. The van der Waals surface area contributed by atoms with Crippen molar-refractivity contribution in [3.8, 4) is 11.5 Å². The van der Waals surface area contributed by atoms with Crippen LogP contribution in [0.2, 0.25) is 0 Å². The lowest BCUT2D eigenvalue weighted by atomic mass is 9.99. The molecule has 0 unspecified atom stereocenters. The van der Waals surface area contributed by atoms with E-state index in [0.717, 1.165) is 11.1 Å². The molecule has 1 aromatic rings. The first-order valence-corrected chi connectivity index (χ1v) is 13.9. The predicted octanol–water partition coefficient (Wildman–Crippen LogP) is -1.09. The number of hydrogen-bond acceptors (Lipinski definition) is 13. The van der Waals surface area contributed by atoms with Crippen LogP contribution in [0.4, 0.5) is 0 Å². The fraction of sp³-hybridized carbons (Fsp3) is 0.655. The third-order valence-corrected chi connectivity index (χ3v) is 7.50. The maximum Gasteiger partial charge on any atom is 0.229 e. The second-order valence-electron chi connectivity index (χ2n) is 10.9. The third kappa shape index (κ3) is 8.49. The van der Waals surface area contributed by atoms with Crippen molar-refractivity contribution in [1.29, 1.82) is 0 Å². The summed E-state index contributed by atoms with van der Waals surface area (Å²) in [6.45, 7) is 4.44. The van der Waals surface area contributed by atoms with Crippen LogP contribution in [0.1, 0.15) is 37.8 Å². The summed E-state index contributed by atoms with van der Waals surface area (Å²) >= 11 is 0. The second-order valence-corrected chi connectivity index (χ2v) is 10.9. The number of rotatable bonds is 12. The number of aliphatic hydroxyl groups excluding tert-OH is 8. The highest BCUT2D eigenvalue weighted by atomic mass is 16.7. The first kappa shape index (κ1) is 34.4. The molecule has 2 aliphatic rings. The van der Waals surface area contributed by atoms with Gasteiger partial charge in [0, 0.05) is 5.56 Å². The lowest BCUT2D eigenvalue weighted by Gasteiger charge is -2.39. The normalized spacial score (nSPS) is 34.5. The van der Waals surface area contributed by atoms with Crippen molar-refractivity contribution in [2.24, 2.45) is 0 Å². The molecule has 0 aliphatic carbocycles. The average molecular weight is 601 g/mol. The van der Waals surface area contributed by atoms with Gasteiger partial charge in [-0.15, -0.1) is 0 Å². The molecule has 9 N–H and O–H groups in total. The first-order valence-electron chi connectivity index (χ1n) is 13.9. The summed E-state index contributed by atoms with van der Waals surface area (Å²) in [4.78, 5) is 0. The van der Waals surface area contributed by atoms with Gasteiger partial charge in [0.1, 0.15) is 60.3 Å². The Hall–Kier alpha value is -2.14. The average Bonchev–Trinajstić information content (AvgIpc) is 2.96. The lowest BCUT2D eigenvalue weighted by molar-refractivity contribution is -0.299. The maximum absolute atomic E-state index is 10.4. The van der Waals surface area contributed by atoms with E-state index in [0.29, 0.717) is 36.1 Å². The molecule has 2 fully saturated rings. The number of aryl methyl sites for hydroxylation is 1. The molecule has 1 aromatic carbocycles. The van der Waals surface area contributed by atoms with Gasteiger partial charge in [0.2, 0.25) is 6.29 Å². The van der Waals surface area contributed by atoms with E-state index in [2.05, 4.69) is 0 Å². The summed E-state index contributed by atoms with van der Waals surface area (Å²) in [6, 6.07) is 3.12. The molecule has 0 saturated carbocycles. The number of phenols is 1. The van der Waals surface area contributed by atoms with Gasteiger partial charge in [-0.2, -0.15) is 0 Å². The first-order chi connectivity index (χ1) is 19.9. The number of ether oxygens (including phenoxy) is 4. The highest BCUT2D eigenvalue weighted by molar-refractivity contribution is 5.46. The van der Waals surface area contributed by atoms with E-state index in [1.54, 1.807) is 19.1 Å². The van der Waals surface area contributed by atoms with Gasteiger partial charge in [-0.3, -0.25) is 0 Å². The molecule has 13 nitrogen and oxygen atoms in total. The van der Waals surface area contributed by atoms with Crippen molar-refractivity contribution >= 4 is 0 Å². The van der Waals surface area contributed by atoms with Crippen LogP contribution in [0.3, 0.4) is 0 Å². The van der Waals surface area contributed by atoms with Crippen LogP contribution in [0.15, 0.2) is 35.4 Å². The van der Waals surface area contributed by atoms with Crippen molar-refractivity contribution in [3.63, 3.8) is 0 Å². The van der Waals surface area contributed by atoms with Gasteiger partial charge in [0.25, 0.3) is 0 Å². The Balaban J connectivity index is 1.57. The quantitative estimate of drug-likeness (QED) is 0.130. The highest BCUT2D eigenvalue weighted by Crippen LogP contribution is 2.32. The number of allylic oxidation sites excluding steroid dienone is 3. The molecule has 238 valence electrons. The zero-order valence-corrected chi connectivity index (χ0v) is 24.0. The predicted molar refractivity (Wildman–Crippen MR) is 147 cm³/mol. The lowest BCUT2D eigenvalue weighted by Crippen LogP contribution is -2.60. The fourth-order valence-electron chi connectivity index (χ4n) is 4.68. The zero-order chi connectivity index (χ0) is 31.1. The SMILES string of the molecule is CC(=CCc1cc(O)c(C)cc1O[C@H]1O[C@@H](CO)[C@H](O)[C@@H](O)[C@@H]1O)CCC=C(C)CO[C@H]1O[C@H](CO)[C@@H](O)[C@H](O)[C@H]1O. The molecule has 0 spiro atoms. The highest BCUT2D eigenvalue weighted by Gasteiger charge is 2.45. The minimum Gasteiger partial charge on any atom is -0.508 e. The molecule has 42 heavy (non-hydrogen) atoms. The van der Waals surface area contributed by atoms with Gasteiger partial charge in [0.15, 0.2) is 6.29 Å². The van der Waals surface area contributed by atoms with Crippen LogP contribution in [0.25, 0.3) is 0 Å². The standard InChI is InChI=1S/C29H44O13/c1-14(5-4-6-15(2)13-39-28-26(37)24(35)22(33)20(11-30)41-28)7-8-17-10-18(32)16(3)9-19(17)40-29-27(38)25(36)23(34)21(12-31)42-29/h6-7,9-10,20-38H,4-5,8,11-13H2,1-3H3/t20-,21+,22-,23+,24+,25-,26-,27+,28+,29+/m1/s1. The van der Waals surface area contributed by atoms with Crippen LogP contribution in [0, 0.1) is 6.92 Å². The fourth-order valence-corrected chi connectivity index (χ4v) is 4.68. The number of aromatic hydroxyl groups is 1. The molecule has 3 rings (SSSR count). The largest absolute Gasteiger partial charge is 0.508 e. The van der Waals surface area contributed by atoms with Gasteiger partial charge in [0.05, 0.1) is 19.8 Å². The smallest absolute Gasteiger partial charge is 0.229 e. The minimum atomic E-state index is -1.58. The summed E-state index contributed by atoms with van der Waals surface area (Å²) in [6.07, 6.45) is -8.14. The molecular formula is C29H44O13. The van der Waals surface area contributed by atoms with Gasteiger partial charge < -0.3 is 64.9 Å². The zero-order valence-electron chi connectivity index (χ0n) is 24.0. The van der Waals surface area contributed by atoms with Gasteiger partial charge in [-0.05, 0) is 57.7 Å². The van der Waals surface area contributed by atoms with Crippen molar-refractivity contribution in [2.45, 2.75) is 101 Å². The number of hydrogen-bond donors (Lipinski definition) is 9.